The molecule has 22 heavy (non-hydrogen) atoms. The maximum Gasteiger partial charge on any atom is 0.323 e. The lowest BCUT2D eigenvalue weighted by atomic mass is 10.0. The van der Waals surface area contributed by atoms with Crippen molar-refractivity contribution >= 4 is 16.9 Å². The van der Waals surface area contributed by atoms with Gasteiger partial charge in [0, 0.05) is 30.1 Å². The van der Waals surface area contributed by atoms with Crippen LogP contribution in [0.4, 0.5) is 0 Å². The molecule has 4 nitrogen and oxygen atoms in total. The number of hydrogen-bond donors (Lipinski definition) is 1. The largest absolute Gasteiger partial charge is 0.468 e. The van der Waals surface area contributed by atoms with Gasteiger partial charge < -0.3 is 9.72 Å². The van der Waals surface area contributed by atoms with Crippen LogP contribution in [0.2, 0.25) is 0 Å². The number of rotatable bonds is 7. The SMILES string of the molecule is C#CCN(CC=C)[C@@H](Cc1c[nH]c2ccccc12)C(=O)OC. The molecule has 0 bridgehead atoms. The molecule has 0 aliphatic heterocycles. The fraction of sp³-hybridized carbons (Fsp3) is 0.278. The van der Waals surface area contributed by atoms with E-state index >= 15 is 0 Å². The van der Waals surface area contributed by atoms with Gasteiger partial charge in [-0.3, -0.25) is 9.69 Å². The van der Waals surface area contributed by atoms with Crippen LogP contribution in [0.25, 0.3) is 10.9 Å². The third-order valence-electron chi connectivity index (χ3n) is 3.66. The van der Waals surface area contributed by atoms with Gasteiger partial charge in [-0.05, 0) is 11.6 Å². The first kappa shape index (κ1) is 15.9. The van der Waals surface area contributed by atoms with Gasteiger partial charge in [0.1, 0.15) is 6.04 Å². The number of benzene rings is 1. The van der Waals surface area contributed by atoms with Gasteiger partial charge in [-0.2, -0.15) is 0 Å². The van der Waals surface area contributed by atoms with Gasteiger partial charge in [0.05, 0.1) is 13.7 Å². The predicted octanol–water partition coefficient (Wildman–Crippen LogP) is 2.37. The number of hydrogen-bond acceptors (Lipinski definition) is 3. The van der Waals surface area contributed by atoms with E-state index in [2.05, 4.69) is 17.5 Å². The molecule has 0 aliphatic rings. The molecular weight excluding hydrogens is 276 g/mol. The van der Waals surface area contributed by atoms with Crippen LogP contribution < -0.4 is 0 Å². The molecule has 0 radical (unpaired) electrons. The second-order valence-corrected chi connectivity index (χ2v) is 5.02. The zero-order valence-corrected chi connectivity index (χ0v) is 12.7. The van der Waals surface area contributed by atoms with Crippen molar-refractivity contribution in [2.75, 3.05) is 20.2 Å². The number of aromatic nitrogens is 1. The van der Waals surface area contributed by atoms with Gasteiger partial charge in [-0.25, -0.2) is 0 Å². The molecule has 0 saturated heterocycles. The molecule has 1 N–H and O–H groups in total. The third-order valence-corrected chi connectivity index (χ3v) is 3.66. The van der Waals surface area contributed by atoms with Crippen molar-refractivity contribution in [2.24, 2.45) is 0 Å². The van der Waals surface area contributed by atoms with Crippen LogP contribution in [0.5, 0.6) is 0 Å². The summed E-state index contributed by atoms with van der Waals surface area (Å²) in [7, 11) is 1.40. The van der Waals surface area contributed by atoms with Crippen molar-refractivity contribution in [3.8, 4) is 12.3 Å². The average molecular weight is 296 g/mol. The monoisotopic (exact) mass is 296 g/mol. The number of aromatic amines is 1. The molecular formula is C18H20N2O2. The lowest BCUT2D eigenvalue weighted by molar-refractivity contribution is -0.146. The number of nitrogens with zero attached hydrogens (tertiary/aromatic N) is 1. The first-order chi connectivity index (χ1) is 10.7. The molecule has 2 aromatic rings. The highest BCUT2D eigenvalue weighted by molar-refractivity contribution is 5.84. The Hall–Kier alpha value is -2.51. The fourth-order valence-corrected chi connectivity index (χ4v) is 2.59. The maximum atomic E-state index is 12.2. The lowest BCUT2D eigenvalue weighted by Crippen LogP contribution is -2.43. The summed E-state index contributed by atoms with van der Waals surface area (Å²) in [6.45, 7) is 4.63. The number of carbonyl (C=O) groups is 1. The molecule has 0 amide bonds. The van der Waals surface area contributed by atoms with Gasteiger partial charge in [0.2, 0.25) is 0 Å². The number of ether oxygens (including phenoxy) is 1. The smallest absolute Gasteiger partial charge is 0.323 e. The van der Waals surface area contributed by atoms with Crippen molar-refractivity contribution in [1.29, 1.82) is 0 Å². The molecule has 1 aromatic heterocycles. The van der Waals surface area contributed by atoms with E-state index in [1.54, 1.807) is 6.08 Å². The summed E-state index contributed by atoms with van der Waals surface area (Å²) in [6, 6.07) is 7.57. The number of methoxy groups -OCH3 is 1. The Balaban J connectivity index is 2.31. The van der Waals surface area contributed by atoms with E-state index in [1.807, 2.05) is 35.4 Å². The van der Waals surface area contributed by atoms with E-state index in [1.165, 1.54) is 7.11 Å². The van der Waals surface area contributed by atoms with Crippen molar-refractivity contribution in [3.05, 3.63) is 48.7 Å². The van der Waals surface area contributed by atoms with Gasteiger partial charge >= 0.3 is 5.97 Å². The van der Waals surface area contributed by atoms with Crippen LogP contribution >= 0.6 is 0 Å². The van der Waals surface area contributed by atoms with E-state index in [-0.39, 0.29) is 5.97 Å². The average Bonchev–Trinajstić information content (AvgIpc) is 2.95. The molecule has 114 valence electrons. The van der Waals surface area contributed by atoms with E-state index < -0.39 is 6.04 Å². The second-order valence-electron chi connectivity index (χ2n) is 5.02. The first-order valence-corrected chi connectivity index (χ1v) is 7.12. The summed E-state index contributed by atoms with van der Waals surface area (Å²) in [5.41, 5.74) is 2.12. The van der Waals surface area contributed by atoms with Crippen molar-refractivity contribution in [3.63, 3.8) is 0 Å². The van der Waals surface area contributed by atoms with Gasteiger partial charge in [-0.15, -0.1) is 13.0 Å². The van der Waals surface area contributed by atoms with Gasteiger partial charge in [-0.1, -0.05) is 30.2 Å². The van der Waals surface area contributed by atoms with Gasteiger partial charge in [0.25, 0.3) is 0 Å². The highest BCUT2D eigenvalue weighted by atomic mass is 16.5. The van der Waals surface area contributed by atoms with Crippen molar-refractivity contribution in [2.45, 2.75) is 12.5 Å². The molecule has 0 unspecified atom stereocenters. The summed E-state index contributed by atoms with van der Waals surface area (Å²) in [4.78, 5) is 17.3. The van der Waals surface area contributed by atoms with Crippen LogP contribution in [0, 0.1) is 12.3 Å². The lowest BCUT2D eigenvalue weighted by Gasteiger charge is -2.26. The molecule has 1 heterocycles. The second kappa shape index (κ2) is 7.48. The molecule has 0 aliphatic carbocycles. The summed E-state index contributed by atoms with van der Waals surface area (Å²) in [5.74, 6) is 2.30. The molecule has 4 heteroatoms. The number of fused-ring (bicyclic) bond motifs is 1. The predicted molar refractivity (Wildman–Crippen MR) is 88.4 cm³/mol. The topological polar surface area (TPSA) is 45.3 Å². The van der Waals surface area contributed by atoms with E-state index in [4.69, 9.17) is 11.2 Å². The molecule has 2 rings (SSSR count). The molecule has 1 aromatic carbocycles. The maximum absolute atomic E-state index is 12.2. The van der Waals surface area contributed by atoms with Crippen LogP contribution in [-0.4, -0.2) is 42.1 Å². The van der Waals surface area contributed by atoms with Crippen molar-refractivity contribution < 1.29 is 9.53 Å². The number of H-pyrrole nitrogens is 1. The highest BCUT2D eigenvalue weighted by Crippen LogP contribution is 2.21. The van der Waals surface area contributed by atoms with Crippen LogP contribution in [0.3, 0.4) is 0 Å². The summed E-state index contributed by atoms with van der Waals surface area (Å²) < 4.78 is 4.95. The minimum atomic E-state index is -0.432. The van der Waals surface area contributed by atoms with Crippen LogP contribution in [0.1, 0.15) is 5.56 Å². The zero-order chi connectivity index (χ0) is 15.9. The Morgan fingerprint density at radius 3 is 3.00 bits per heavy atom. The van der Waals surface area contributed by atoms with E-state index in [9.17, 15) is 4.79 Å². The Labute approximate surface area is 130 Å². The van der Waals surface area contributed by atoms with Crippen LogP contribution in [-0.2, 0) is 16.0 Å². The van der Waals surface area contributed by atoms with E-state index in [0.29, 0.717) is 19.5 Å². The number of para-hydroxylation sites is 1. The Bertz CT molecular complexity index is 696. The quantitative estimate of drug-likeness (QED) is 0.485. The molecule has 0 spiro atoms. The number of nitrogens with one attached hydrogen (secondary N) is 1. The zero-order valence-electron chi connectivity index (χ0n) is 12.7. The third kappa shape index (κ3) is 3.38. The number of carbonyl (C=O) groups excluding carboxylic acids is 1. The molecule has 1 atom stereocenters. The van der Waals surface area contributed by atoms with Crippen molar-refractivity contribution in [1.82, 2.24) is 9.88 Å². The normalized spacial score (nSPS) is 12.0. The van der Waals surface area contributed by atoms with Gasteiger partial charge in [0.15, 0.2) is 0 Å². The highest BCUT2D eigenvalue weighted by Gasteiger charge is 2.26. The molecule has 0 saturated carbocycles. The first-order valence-electron chi connectivity index (χ1n) is 7.12. The molecule has 0 fully saturated rings. The summed E-state index contributed by atoms with van der Waals surface area (Å²) in [6.07, 6.45) is 9.62. The Morgan fingerprint density at radius 2 is 2.32 bits per heavy atom. The standard InChI is InChI=1S/C18H20N2O2/c1-4-10-20(11-5-2)17(18(21)22-3)12-14-13-19-16-9-7-6-8-15(14)16/h1,5-9,13,17,19H,2,10-12H2,3H3/t17-/m0/s1. The Morgan fingerprint density at radius 1 is 1.55 bits per heavy atom. The van der Waals surface area contributed by atoms with E-state index in [0.717, 1.165) is 16.5 Å². The summed E-state index contributed by atoms with van der Waals surface area (Å²) in [5, 5.41) is 1.11. The number of terminal acetylenes is 1. The van der Waals surface area contributed by atoms with Crippen LogP contribution in [0.15, 0.2) is 43.1 Å². The Kier molecular flexibility index (Phi) is 5.40. The minimum absolute atomic E-state index is 0.289. The fourth-order valence-electron chi connectivity index (χ4n) is 2.59. The minimum Gasteiger partial charge on any atom is -0.468 e. The summed E-state index contributed by atoms with van der Waals surface area (Å²) >= 11 is 0. The number of esters is 1.